The Morgan fingerprint density at radius 1 is 1.05 bits per heavy atom. The molecule has 1 aliphatic heterocycles. The number of benzene rings is 2. The van der Waals surface area contributed by atoms with Crippen LogP contribution in [0, 0.1) is 5.41 Å². The molecular formula is C27H31F3N5O2+. The first-order chi connectivity index (χ1) is 17.5. The summed E-state index contributed by atoms with van der Waals surface area (Å²) in [6, 6.07) is 13.6. The number of ether oxygens (including phenoxy) is 1. The van der Waals surface area contributed by atoms with Crippen LogP contribution in [0.4, 0.5) is 24.5 Å². The summed E-state index contributed by atoms with van der Waals surface area (Å²) in [5.41, 5.74) is 11.0. The third kappa shape index (κ3) is 5.05. The molecule has 1 aliphatic carbocycles. The molecule has 0 unspecified atom stereocenters. The number of carbonyl (C=O) groups excluding carboxylic acids is 1. The van der Waals surface area contributed by atoms with Gasteiger partial charge in [-0.05, 0) is 75.2 Å². The summed E-state index contributed by atoms with van der Waals surface area (Å²) in [4.78, 5) is 19.6. The second-order valence-electron chi connectivity index (χ2n) is 9.22. The Morgan fingerprint density at radius 2 is 1.65 bits per heavy atom. The number of allylic oxidation sites excluding steroid dienone is 1. The average Bonchev–Trinajstić information content (AvgIpc) is 3.66. The van der Waals surface area contributed by atoms with E-state index in [1.807, 2.05) is 30.6 Å². The van der Waals surface area contributed by atoms with Crippen LogP contribution in [0.25, 0.3) is 0 Å². The highest BCUT2D eigenvalue weighted by molar-refractivity contribution is 6.51. The van der Waals surface area contributed by atoms with Crippen LogP contribution in [0.1, 0.15) is 32.3 Å². The number of rotatable bonds is 6. The second kappa shape index (κ2) is 9.91. The van der Waals surface area contributed by atoms with E-state index in [2.05, 4.69) is 4.99 Å². The zero-order valence-corrected chi connectivity index (χ0v) is 21.1. The first-order valence-corrected chi connectivity index (χ1v) is 12.1. The van der Waals surface area contributed by atoms with Crippen molar-refractivity contribution in [2.24, 2.45) is 21.9 Å². The molecule has 2 aliphatic rings. The average molecular weight is 515 g/mol. The van der Waals surface area contributed by atoms with Crippen LogP contribution in [0.5, 0.6) is 5.75 Å². The number of alkyl halides is 3. The highest BCUT2D eigenvalue weighted by Crippen LogP contribution is 2.57. The number of nitrogens with zero attached hydrogens (tertiary/aromatic N) is 3. The Bertz CT molecular complexity index is 1270. The Morgan fingerprint density at radius 3 is 2.14 bits per heavy atom. The molecule has 1 amide bonds. The van der Waals surface area contributed by atoms with Crippen LogP contribution >= 0.6 is 0 Å². The number of halogens is 3. The number of amidine groups is 1. The molecule has 4 N–H and O–H groups in total. The van der Waals surface area contributed by atoms with E-state index >= 15 is 0 Å². The van der Waals surface area contributed by atoms with Crippen molar-refractivity contribution in [2.75, 3.05) is 31.6 Å². The van der Waals surface area contributed by atoms with Crippen LogP contribution in [0.15, 0.2) is 64.8 Å². The zero-order valence-electron chi connectivity index (χ0n) is 21.1. The minimum Gasteiger partial charge on any atom is -0.497 e. The molecule has 0 bridgehead atoms. The summed E-state index contributed by atoms with van der Waals surface area (Å²) in [5, 5.41) is 0. The highest BCUT2D eigenvalue weighted by atomic mass is 19.4. The Hall–Kier alpha value is -3.82. The van der Waals surface area contributed by atoms with Crippen LogP contribution in [0.3, 0.4) is 0 Å². The van der Waals surface area contributed by atoms with Gasteiger partial charge < -0.3 is 15.4 Å². The monoisotopic (exact) mass is 514 g/mol. The van der Waals surface area contributed by atoms with Crippen molar-refractivity contribution < 1.29 is 27.3 Å². The first-order valence-electron chi connectivity index (χ1n) is 12.1. The lowest BCUT2D eigenvalue weighted by Crippen LogP contribution is -2.50. The topological polar surface area (TPSA) is 97.0 Å². The quantitative estimate of drug-likeness (QED) is 0.344. The van der Waals surface area contributed by atoms with Gasteiger partial charge in [-0.1, -0.05) is 0 Å². The number of hydrogen-bond donors (Lipinski definition) is 2. The minimum absolute atomic E-state index is 0.0914. The molecule has 0 atom stereocenters. The first kappa shape index (κ1) is 26.2. The molecule has 196 valence electrons. The van der Waals surface area contributed by atoms with Crippen molar-refractivity contribution in [1.29, 1.82) is 0 Å². The number of anilines is 1. The van der Waals surface area contributed by atoms with Crippen molar-refractivity contribution in [2.45, 2.75) is 32.9 Å². The van der Waals surface area contributed by atoms with Crippen molar-refractivity contribution >= 4 is 28.8 Å². The standard InChI is InChI=1S/C27H30F3N5O2/c1-4-34(5-2)24(32)17-6-10-19(11-7-17)35-16-26(14-15-26)21(23(31)27(28,29)30)22(25(35)36)33-18-8-12-20(37-3)13-9-18/h6-13,32H,4-5,14-16H2,1-3H3,(H2,31,33)/p+1. The fourth-order valence-corrected chi connectivity index (χ4v) is 4.71. The van der Waals surface area contributed by atoms with Gasteiger partial charge >= 0.3 is 6.18 Å². The second-order valence-corrected chi connectivity index (χ2v) is 9.22. The molecule has 4 rings (SSSR count). The minimum atomic E-state index is -4.78. The fourth-order valence-electron chi connectivity index (χ4n) is 4.71. The molecule has 0 radical (unpaired) electrons. The molecule has 10 heteroatoms. The van der Waals surface area contributed by atoms with E-state index in [1.165, 1.54) is 12.0 Å². The van der Waals surface area contributed by atoms with E-state index in [-0.39, 0.29) is 17.8 Å². The lowest BCUT2D eigenvalue weighted by molar-refractivity contribution is -0.521. The normalized spacial score (nSPS) is 19.2. The number of hydrogen-bond acceptors (Lipinski definition) is 4. The van der Waals surface area contributed by atoms with E-state index in [4.69, 9.17) is 16.2 Å². The van der Waals surface area contributed by atoms with Gasteiger partial charge in [-0.25, -0.2) is 4.99 Å². The van der Waals surface area contributed by atoms with Crippen LogP contribution in [0.2, 0.25) is 0 Å². The molecule has 7 nitrogen and oxygen atoms in total. The maximum absolute atomic E-state index is 13.8. The predicted octanol–water partition coefficient (Wildman–Crippen LogP) is 4.13. The smallest absolute Gasteiger partial charge is 0.431 e. The van der Waals surface area contributed by atoms with Crippen molar-refractivity contribution in [3.8, 4) is 5.75 Å². The number of amides is 1. The van der Waals surface area contributed by atoms with Gasteiger partial charge in [0.1, 0.15) is 17.2 Å². The molecule has 1 saturated heterocycles. The predicted molar refractivity (Wildman–Crippen MR) is 137 cm³/mol. The summed E-state index contributed by atoms with van der Waals surface area (Å²) in [6.45, 7) is 5.60. The molecule has 2 aromatic carbocycles. The van der Waals surface area contributed by atoms with Gasteiger partial charge in [-0.2, -0.15) is 13.2 Å². The maximum atomic E-state index is 13.8. The molecule has 0 aromatic heterocycles. The SMILES string of the molecule is CC[N+](CC)=C(N)c1ccc(N2CC3(CC3)C(=C(N)C(F)(F)F)C(=Nc3ccc(OC)cc3)C2=O)cc1. The van der Waals surface area contributed by atoms with Crippen molar-refractivity contribution in [1.82, 2.24) is 0 Å². The summed E-state index contributed by atoms with van der Waals surface area (Å²) in [6.07, 6.45) is -3.83. The number of piperidine rings is 1. The van der Waals surface area contributed by atoms with Gasteiger partial charge in [0.2, 0.25) is 0 Å². The summed E-state index contributed by atoms with van der Waals surface area (Å²) in [5.74, 6) is 0.541. The molecule has 1 heterocycles. The number of methoxy groups -OCH3 is 1. The van der Waals surface area contributed by atoms with Crippen LogP contribution < -0.4 is 21.1 Å². The Labute approximate surface area is 213 Å². The van der Waals surface area contributed by atoms with Gasteiger partial charge in [0.15, 0.2) is 0 Å². The lowest BCUT2D eigenvalue weighted by atomic mass is 9.84. The van der Waals surface area contributed by atoms with E-state index in [1.54, 1.807) is 36.4 Å². The number of aliphatic imine (C=N–C) groups is 1. The third-order valence-electron chi connectivity index (χ3n) is 7.00. The zero-order chi connectivity index (χ0) is 27.0. The maximum Gasteiger partial charge on any atom is 0.431 e. The molecular weight excluding hydrogens is 483 g/mol. The molecule has 1 saturated carbocycles. The van der Waals surface area contributed by atoms with Crippen LogP contribution in [-0.2, 0) is 4.79 Å². The highest BCUT2D eigenvalue weighted by Gasteiger charge is 2.58. The largest absolute Gasteiger partial charge is 0.497 e. The van der Waals surface area contributed by atoms with E-state index in [9.17, 15) is 18.0 Å². The summed E-state index contributed by atoms with van der Waals surface area (Å²) < 4.78 is 48.6. The molecule has 1 spiro atoms. The fraction of sp³-hybridized carbons (Fsp3) is 0.370. The Balaban J connectivity index is 1.80. The number of nitrogens with two attached hydrogens (primary N) is 2. The summed E-state index contributed by atoms with van der Waals surface area (Å²) >= 11 is 0. The van der Waals surface area contributed by atoms with E-state index in [0.717, 1.165) is 18.7 Å². The van der Waals surface area contributed by atoms with Gasteiger partial charge in [-0.3, -0.25) is 15.1 Å². The molecule has 2 aromatic rings. The van der Waals surface area contributed by atoms with Gasteiger partial charge in [0, 0.05) is 23.2 Å². The number of carbonyl (C=O) groups is 1. The van der Waals surface area contributed by atoms with E-state index < -0.39 is 23.2 Å². The van der Waals surface area contributed by atoms with Gasteiger partial charge in [-0.15, -0.1) is 0 Å². The van der Waals surface area contributed by atoms with Crippen molar-refractivity contribution in [3.63, 3.8) is 0 Å². The van der Waals surface area contributed by atoms with Gasteiger partial charge in [0.25, 0.3) is 11.7 Å². The van der Waals surface area contributed by atoms with Gasteiger partial charge in [0.05, 0.1) is 31.5 Å². The molecule has 2 fully saturated rings. The van der Waals surface area contributed by atoms with E-state index in [0.29, 0.717) is 35.8 Å². The summed E-state index contributed by atoms with van der Waals surface area (Å²) in [7, 11) is 1.50. The Kier molecular flexibility index (Phi) is 7.03. The van der Waals surface area contributed by atoms with Crippen molar-refractivity contribution in [3.05, 3.63) is 65.4 Å². The third-order valence-corrected chi connectivity index (χ3v) is 7.00. The molecule has 37 heavy (non-hydrogen) atoms. The van der Waals surface area contributed by atoms with Crippen LogP contribution in [-0.4, -0.2) is 55.0 Å². The lowest BCUT2D eigenvalue weighted by Gasteiger charge is -2.36.